The molecule has 94 valence electrons. The fourth-order valence-corrected chi connectivity index (χ4v) is 2.65. The number of nitro groups is 1. The summed E-state index contributed by atoms with van der Waals surface area (Å²) in [6.07, 6.45) is 6.84. The van der Waals surface area contributed by atoms with Crippen LogP contribution < -0.4 is 5.73 Å². The maximum Gasteiger partial charge on any atom is 0.330 e. The zero-order chi connectivity index (χ0) is 12.4. The molecule has 0 saturated heterocycles. The van der Waals surface area contributed by atoms with E-state index in [9.17, 15) is 10.1 Å². The van der Waals surface area contributed by atoms with Crippen molar-refractivity contribution in [3.05, 3.63) is 16.3 Å². The van der Waals surface area contributed by atoms with Gasteiger partial charge in [0.15, 0.2) is 0 Å². The number of nitrogens with two attached hydrogens (primary N) is 1. The van der Waals surface area contributed by atoms with Gasteiger partial charge in [-0.25, -0.2) is 4.68 Å². The molecule has 17 heavy (non-hydrogen) atoms. The highest BCUT2D eigenvalue weighted by Crippen LogP contribution is 2.36. The van der Waals surface area contributed by atoms with Gasteiger partial charge in [-0.3, -0.25) is 10.1 Å². The second kappa shape index (κ2) is 4.73. The van der Waals surface area contributed by atoms with Crippen molar-refractivity contribution in [2.24, 2.45) is 5.92 Å². The van der Waals surface area contributed by atoms with Crippen LogP contribution in [-0.4, -0.2) is 14.7 Å². The van der Waals surface area contributed by atoms with Gasteiger partial charge in [0.1, 0.15) is 6.20 Å². The summed E-state index contributed by atoms with van der Waals surface area (Å²) in [5, 5.41) is 14.8. The van der Waals surface area contributed by atoms with Crippen LogP contribution in [0.1, 0.15) is 45.1 Å². The first-order chi connectivity index (χ1) is 8.13. The number of nitrogen functional groups attached to an aromatic ring is 1. The first-order valence-corrected chi connectivity index (χ1v) is 6.10. The third kappa shape index (κ3) is 2.25. The first-order valence-electron chi connectivity index (χ1n) is 6.10. The Labute approximate surface area is 99.9 Å². The van der Waals surface area contributed by atoms with Crippen LogP contribution in [0.5, 0.6) is 0 Å². The van der Waals surface area contributed by atoms with E-state index in [4.69, 9.17) is 5.73 Å². The molecular formula is C11H18N4O2. The van der Waals surface area contributed by atoms with Crippen LogP contribution in [-0.2, 0) is 0 Å². The zero-order valence-electron chi connectivity index (χ0n) is 10.0. The lowest BCUT2D eigenvalue weighted by atomic mass is 9.84. The van der Waals surface area contributed by atoms with Gasteiger partial charge in [0, 0.05) is 0 Å². The summed E-state index contributed by atoms with van der Waals surface area (Å²) < 4.78 is 1.64. The van der Waals surface area contributed by atoms with Crippen LogP contribution in [0, 0.1) is 16.0 Å². The normalized spacial score (nSPS) is 24.8. The second-order valence-electron chi connectivity index (χ2n) is 4.71. The standard InChI is InChI=1S/C11H18N4O2/c1-2-8-4-3-5-9(6-8)14-11(12)10(7-13-14)15(16)17/h7-9H,2-6,12H2,1H3. The molecule has 1 fully saturated rings. The lowest BCUT2D eigenvalue weighted by Crippen LogP contribution is -2.21. The van der Waals surface area contributed by atoms with Crippen LogP contribution >= 0.6 is 0 Å². The molecule has 1 saturated carbocycles. The van der Waals surface area contributed by atoms with Gasteiger partial charge in [0.25, 0.3) is 0 Å². The molecule has 0 aromatic carbocycles. The minimum Gasteiger partial charge on any atom is -0.378 e. The molecule has 1 aromatic rings. The van der Waals surface area contributed by atoms with E-state index in [0.29, 0.717) is 5.92 Å². The summed E-state index contributed by atoms with van der Waals surface area (Å²) in [5.74, 6) is 0.883. The van der Waals surface area contributed by atoms with E-state index < -0.39 is 4.92 Å². The second-order valence-corrected chi connectivity index (χ2v) is 4.71. The van der Waals surface area contributed by atoms with E-state index in [1.54, 1.807) is 4.68 Å². The average Bonchev–Trinajstić information content (AvgIpc) is 2.71. The minimum absolute atomic E-state index is 0.0800. The monoisotopic (exact) mass is 238 g/mol. The van der Waals surface area contributed by atoms with Gasteiger partial charge in [0.2, 0.25) is 5.82 Å². The van der Waals surface area contributed by atoms with Crippen molar-refractivity contribution in [1.29, 1.82) is 0 Å². The molecule has 0 spiro atoms. The minimum atomic E-state index is -0.473. The summed E-state index contributed by atoms with van der Waals surface area (Å²) in [5.41, 5.74) is 5.70. The molecule has 2 N–H and O–H groups in total. The molecular weight excluding hydrogens is 220 g/mol. The van der Waals surface area contributed by atoms with E-state index in [1.165, 1.54) is 12.6 Å². The Bertz CT molecular complexity index is 416. The lowest BCUT2D eigenvalue weighted by molar-refractivity contribution is -0.384. The molecule has 1 aliphatic carbocycles. The Morgan fingerprint density at radius 1 is 1.65 bits per heavy atom. The summed E-state index contributed by atoms with van der Waals surface area (Å²) in [4.78, 5) is 10.2. The summed E-state index contributed by atoms with van der Waals surface area (Å²) in [6, 6.07) is 0.224. The van der Waals surface area contributed by atoms with Crippen LogP contribution in [0.25, 0.3) is 0 Å². The highest BCUT2D eigenvalue weighted by Gasteiger charge is 2.27. The van der Waals surface area contributed by atoms with Gasteiger partial charge in [-0.05, 0) is 18.8 Å². The number of rotatable bonds is 3. The number of hydrogen-bond acceptors (Lipinski definition) is 4. The van der Waals surface area contributed by atoms with Crippen molar-refractivity contribution in [2.45, 2.75) is 45.1 Å². The Morgan fingerprint density at radius 3 is 3.00 bits per heavy atom. The highest BCUT2D eigenvalue weighted by molar-refractivity contribution is 5.51. The van der Waals surface area contributed by atoms with Gasteiger partial charge in [0.05, 0.1) is 11.0 Å². The number of anilines is 1. The maximum atomic E-state index is 10.7. The SMILES string of the molecule is CCC1CCCC(n2ncc([N+](=O)[O-])c2N)C1. The van der Waals surface area contributed by atoms with Gasteiger partial charge >= 0.3 is 5.69 Å². The van der Waals surface area contributed by atoms with Crippen molar-refractivity contribution < 1.29 is 4.92 Å². The average molecular weight is 238 g/mol. The molecule has 2 atom stereocenters. The molecule has 1 heterocycles. The molecule has 0 radical (unpaired) electrons. The number of aromatic nitrogens is 2. The highest BCUT2D eigenvalue weighted by atomic mass is 16.6. The van der Waals surface area contributed by atoms with Crippen molar-refractivity contribution in [3.8, 4) is 0 Å². The Balaban J connectivity index is 2.19. The summed E-state index contributed by atoms with van der Waals surface area (Å²) in [7, 11) is 0. The van der Waals surface area contributed by atoms with Crippen LogP contribution in [0.15, 0.2) is 6.20 Å². The fourth-order valence-electron chi connectivity index (χ4n) is 2.65. The van der Waals surface area contributed by atoms with E-state index >= 15 is 0 Å². The van der Waals surface area contributed by atoms with Gasteiger partial charge < -0.3 is 5.73 Å². The number of nitrogens with zero attached hydrogens (tertiary/aromatic N) is 3. The summed E-state index contributed by atoms with van der Waals surface area (Å²) in [6.45, 7) is 2.18. The van der Waals surface area contributed by atoms with Crippen LogP contribution in [0.3, 0.4) is 0 Å². The fraction of sp³-hybridized carbons (Fsp3) is 0.727. The number of hydrogen-bond donors (Lipinski definition) is 1. The molecule has 6 heteroatoms. The van der Waals surface area contributed by atoms with Crippen molar-refractivity contribution in [3.63, 3.8) is 0 Å². The molecule has 1 aliphatic rings. The van der Waals surface area contributed by atoms with Gasteiger partial charge in [-0.2, -0.15) is 5.10 Å². The topological polar surface area (TPSA) is 87.0 Å². The molecule has 2 unspecified atom stereocenters. The van der Waals surface area contributed by atoms with Crippen LogP contribution in [0.4, 0.5) is 11.5 Å². The third-order valence-corrected chi connectivity index (χ3v) is 3.69. The van der Waals surface area contributed by atoms with Crippen molar-refractivity contribution >= 4 is 11.5 Å². The predicted octanol–water partition coefficient (Wildman–Crippen LogP) is 2.51. The van der Waals surface area contributed by atoms with E-state index in [-0.39, 0.29) is 17.5 Å². The lowest BCUT2D eigenvalue weighted by Gasteiger charge is -2.28. The predicted molar refractivity (Wildman–Crippen MR) is 64.6 cm³/mol. The molecule has 6 nitrogen and oxygen atoms in total. The van der Waals surface area contributed by atoms with E-state index in [2.05, 4.69) is 12.0 Å². The Hall–Kier alpha value is -1.59. The molecule has 0 aliphatic heterocycles. The van der Waals surface area contributed by atoms with Crippen LogP contribution in [0.2, 0.25) is 0 Å². The Kier molecular flexibility index (Phi) is 3.31. The smallest absolute Gasteiger partial charge is 0.330 e. The first kappa shape index (κ1) is 11.9. The Morgan fingerprint density at radius 2 is 2.41 bits per heavy atom. The third-order valence-electron chi connectivity index (χ3n) is 3.69. The van der Waals surface area contributed by atoms with E-state index in [0.717, 1.165) is 25.7 Å². The maximum absolute atomic E-state index is 10.7. The molecule has 2 rings (SSSR count). The van der Waals surface area contributed by atoms with Crippen molar-refractivity contribution in [2.75, 3.05) is 5.73 Å². The summed E-state index contributed by atoms with van der Waals surface area (Å²) >= 11 is 0. The molecule has 0 bridgehead atoms. The van der Waals surface area contributed by atoms with E-state index in [1.807, 2.05) is 0 Å². The van der Waals surface area contributed by atoms with Gasteiger partial charge in [-0.1, -0.05) is 26.2 Å². The van der Waals surface area contributed by atoms with Crippen molar-refractivity contribution in [1.82, 2.24) is 9.78 Å². The molecule has 1 aromatic heterocycles. The quantitative estimate of drug-likeness (QED) is 0.647. The van der Waals surface area contributed by atoms with Gasteiger partial charge in [-0.15, -0.1) is 0 Å². The largest absolute Gasteiger partial charge is 0.378 e. The molecule has 0 amide bonds. The zero-order valence-corrected chi connectivity index (χ0v) is 10.0.